The molecule has 0 aliphatic carbocycles. The van der Waals surface area contributed by atoms with Gasteiger partial charge < -0.3 is 14.8 Å². The average molecular weight is 399 g/mol. The molecule has 0 fully saturated rings. The molecular weight excluding hydrogens is 382 g/mol. The first kappa shape index (κ1) is 21.2. The van der Waals surface area contributed by atoms with Crippen LogP contribution in [0.4, 0.5) is 23.2 Å². The van der Waals surface area contributed by atoms with Crippen molar-refractivity contribution in [3.63, 3.8) is 0 Å². The summed E-state index contributed by atoms with van der Waals surface area (Å²) in [7, 11) is 1.30. The number of amides is 1. The van der Waals surface area contributed by atoms with Crippen LogP contribution in [0.1, 0.15) is 18.1 Å². The van der Waals surface area contributed by atoms with Crippen LogP contribution in [0.3, 0.4) is 0 Å². The molecule has 1 amide bonds. The van der Waals surface area contributed by atoms with Crippen molar-refractivity contribution in [2.45, 2.75) is 25.6 Å². The Bertz CT molecular complexity index is 867. The Morgan fingerprint density at radius 3 is 2.46 bits per heavy atom. The van der Waals surface area contributed by atoms with E-state index < -0.39 is 35.5 Å². The van der Waals surface area contributed by atoms with Gasteiger partial charge in [0.2, 0.25) is 0 Å². The molecule has 0 aromatic heterocycles. The predicted octanol–water partition coefficient (Wildman–Crippen LogP) is 3.97. The van der Waals surface area contributed by atoms with Crippen LogP contribution in [-0.4, -0.2) is 25.1 Å². The summed E-state index contributed by atoms with van der Waals surface area (Å²) >= 11 is 0. The molecule has 28 heavy (non-hydrogen) atoms. The maximum absolute atomic E-state index is 13.6. The third-order valence-corrected chi connectivity index (χ3v) is 3.70. The minimum atomic E-state index is -4.55. The van der Waals surface area contributed by atoms with Crippen LogP contribution in [0.5, 0.6) is 5.75 Å². The number of hydrogen-bond acceptors (Lipinski definition) is 4. The Labute approximate surface area is 158 Å². The molecule has 2 rings (SSSR count). The highest BCUT2D eigenvalue weighted by atomic mass is 19.4. The molecule has 0 saturated carbocycles. The van der Waals surface area contributed by atoms with E-state index in [0.717, 1.165) is 24.3 Å². The van der Waals surface area contributed by atoms with Gasteiger partial charge in [-0.2, -0.15) is 13.2 Å². The highest BCUT2D eigenvalue weighted by molar-refractivity contribution is 5.95. The number of nitrogens with one attached hydrogen (secondary N) is 1. The quantitative estimate of drug-likeness (QED) is 0.590. The summed E-state index contributed by atoms with van der Waals surface area (Å²) in [5.41, 5.74) is -0.690. The Balaban J connectivity index is 1.95. The topological polar surface area (TPSA) is 64.6 Å². The summed E-state index contributed by atoms with van der Waals surface area (Å²) in [5.74, 6) is -2.22. The summed E-state index contributed by atoms with van der Waals surface area (Å²) in [4.78, 5) is 24.0. The van der Waals surface area contributed by atoms with E-state index in [4.69, 9.17) is 9.47 Å². The van der Waals surface area contributed by atoms with Gasteiger partial charge in [-0.15, -0.1) is 0 Å². The van der Waals surface area contributed by atoms with Gasteiger partial charge in [0.05, 0.1) is 19.1 Å². The number of anilines is 1. The van der Waals surface area contributed by atoms with Crippen molar-refractivity contribution in [1.82, 2.24) is 0 Å². The second-order valence-electron chi connectivity index (χ2n) is 5.85. The van der Waals surface area contributed by atoms with Crippen molar-refractivity contribution in [2.75, 3.05) is 12.4 Å². The first-order chi connectivity index (χ1) is 13.1. The highest BCUT2D eigenvalue weighted by Crippen LogP contribution is 2.30. The largest absolute Gasteiger partial charge is 0.494 e. The van der Waals surface area contributed by atoms with Gasteiger partial charge in [-0.1, -0.05) is 12.1 Å². The van der Waals surface area contributed by atoms with Gasteiger partial charge in [0.15, 0.2) is 17.7 Å². The van der Waals surface area contributed by atoms with E-state index in [0.29, 0.717) is 5.56 Å². The van der Waals surface area contributed by atoms with E-state index in [1.807, 2.05) is 0 Å². The Hall–Kier alpha value is -3.10. The molecule has 0 heterocycles. The van der Waals surface area contributed by atoms with Crippen molar-refractivity contribution in [1.29, 1.82) is 0 Å². The van der Waals surface area contributed by atoms with E-state index in [9.17, 15) is 27.2 Å². The number of benzene rings is 2. The minimum absolute atomic E-state index is 0.0194. The van der Waals surface area contributed by atoms with Gasteiger partial charge >= 0.3 is 12.1 Å². The summed E-state index contributed by atoms with van der Waals surface area (Å²) in [6, 6.07) is 7.99. The zero-order valence-electron chi connectivity index (χ0n) is 15.0. The number of methoxy groups -OCH3 is 1. The lowest BCUT2D eigenvalue weighted by molar-refractivity contribution is -0.152. The lowest BCUT2D eigenvalue weighted by Crippen LogP contribution is -2.30. The molecule has 1 atom stereocenters. The maximum Gasteiger partial charge on any atom is 0.416 e. The van der Waals surface area contributed by atoms with Crippen molar-refractivity contribution in [3.8, 4) is 5.75 Å². The van der Waals surface area contributed by atoms with Gasteiger partial charge in [-0.25, -0.2) is 4.39 Å². The monoisotopic (exact) mass is 399 g/mol. The molecule has 0 saturated heterocycles. The molecule has 1 N–H and O–H groups in total. The van der Waals surface area contributed by atoms with Crippen molar-refractivity contribution < 1.29 is 36.6 Å². The van der Waals surface area contributed by atoms with E-state index in [2.05, 4.69) is 5.32 Å². The predicted molar refractivity (Wildman–Crippen MR) is 92.3 cm³/mol. The maximum atomic E-state index is 13.6. The summed E-state index contributed by atoms with van der Waals surface area (Å²) < 4.78 is 61.5. The summed E-state index contributed by atoms with van der Waals surface area (Å²) in [6.07, 6.45) is -6.10. The molecule has 0 unspecified atom stereocenters. The Morgan fingerprint density at radius 1 is 1.14 bits per heavy atom. The zero-order valence-corrected chi connectivity index (χ0v) is 15.0. The third-order valence-electron chi connectivity index (χ3n) is 3.70. The van der Waals surface area contributed by atoms with Gasteiger partial charge in [0, 0.05) is 5.69 Å². The lowest BCUT2D eigenvalue weighted by Gasteiger charge is -2.15. The number of halogens is 4. The Morgan fingerprint density at radius 2 is 1.86 bits per heavy atom. The Kier molecular flexibility index (Phi) is 6.61. The minimum Gasteiger partial charge on any atom is -0.494 e. The average Bonchev–Trinajstić information content (AvgIpc) is 2.61. The molecule has 2 aromatic carbocycles. The molecule has 0 aliphatic heterocycles. The molecule has 150 valence electrons. The first-order valence-electron chi connectivity index (χ1n) is 8.10. The van der Waals surface area contributed by atoms with Crippen molar-refractivity contribution in [2.24, 2.45) is 0 Å². The molecule has 0 spiro atoms. The van der Waals surface area contributed by atoms with Gasteiger partial charge in [0.25, 0.3) is 5.91 Å². The second kappa shape index (κ2) is 8.73. The fourth-order valence-corrected chi connectivity index (χ4v) is 2.30. The highest BCUT2D eigenvalue weighted by Gasteiger charge is 2.30. The molecule has 9 heteroatoms. The van der Waals surface area contributed by atoms with E-state index in [1.165, 1.54) is 32.2 Å². The number of ether oxygens (including phenoxy) is 2. The van der Waals surface area contributed by atoms with Crippen molar-refractivity contribution in [3.05, 3.63) is 59.4 Å². The SMILES string of the molecule is COc1ccc(CC(=O)O[C@H](C)C(=O)Nc2cccc(C(F)(F)F)c2)cc1F. The van der Waals surface area contributed by atoms with E-state index >= 15 is 0 Å². The van der Waals surface area contributed by atoms with Crippen LogP contribution in [-0.2, 0) is 26.9 Å². The summed E-state index contributed by atoms with van der Waals surface area (Å²) in [5, 5.41) is 2.25. The number of hydrogen-bond donors (Lipinski definition) is 1. The van der Waals surface area contributed by atoms with Crippen LogP contribution in [0.25, 0.3) is 0 Å². The third kappa shape index (κ3) is 5.70. The second-order valence-corrected chi connectivity index (χ2v) is 5.85. The molecule has 5 nitrogen and oxygen atoms in total. The van der Waals surface area contributed by atoms with Crippen LogP contribution in [0.15, 0.2) is 42.5 Å². The van der Waals surface area contributed by atoms with Gasteiger partial charge in [0.1, 0.15) is 0 Å². The molecule has 0 aliphatic rings. The number of esters is 1. The number of alkyl halides is 3. The molecule has 0 radical (unpaired) electrons. The molecule has 0 bridgehead atoms. The van der Waals surface area contributed by atoms with Crippen LogP contribution >= 0.6 is 0 Å². The van der Waals surface area contributed by atoms with Gasteiger partial charge in [-0.05, 0) is 42.8 Å². The summed E-state index contributed by atoms with van der Waals surface area (Å²) in [6.45, 7) is 1.27. The smallest absolute Gasteiger partial charge is 0.416 e. The molecular formula is C19H17F4NO4. The number of rotatable bonds is 6. The van der Waals surface area contributed by atoms with Crippen LogP contribution in [0, 0.1) is 5.82 Å². The number of carbonyl (C=O) groups excluding carboxylic acids is 2. The molecule has 2 aromatic rings. The van der Waals surface area contributed by atoms with Gasteiger partial charge in [-0.3, -0.25) is 9.59 Å². The number of carbonyl (C=O) groups is 2. The lowest BCUT2D eigenvalue weighted by atomic mass is 10.1. The zero-order chi connectivity index (χ0) is 20.9. The fourth-order valence-electron chi connectivity index (χ4n) is 2.30. The van der Waals surface area contributed by atoms with Crippen molar-refractivity contribution >= 4 is 17.6 Å². The van der Waals surface area contributed by atoms with Crippen LogP contribution < -0.4 is 10.1 Å². The normalized spacial score (nSPS) is 12.2. The van der Waals surface area contributed by atoms with E-state index in [1.54, 1.807) is 0 Å². The van der Waals surface area contributed by atoms with E-state index in [-0.39, 0.29) is 17.9 Å². The first-order valence-corrected chi connectivity index (χ1v) is 8.10. The fraction of sp³-hybridized carbons (Fsp3) is 0.263. The standard InChI is InChI=1S/C19H17F4NO4/c1-11(18(26)24-14-5-3-4-13(10-14)19(21,22)23)28-17(25)9-12-6-7-16(27-2)15(20)8-12/h3-8,10-11H,9H2,1-2H3,(H,24,26)/t11-/m1/s1. The van der Waals surface area contributed by atoms with Crippen LogP contribution in [0.2, 0.25) is 0 Å².